The molecular formula is C23H28N6O3. The van der Waals surface area contributed by atoms with Crippen LogP contribution < -0.4 is 10.1 Å². The fraction of sp³-hybridized carbons (Fsp3) is 0.391. The molecule has 1 unspecified atom stereocenters. The van der Waals surface area contributed by atoms with Gasteiger partial charge in [0.15, 0.2) is 0 Å². The van der Waals surface area contributed by atoms with Crippen molar-refractivity contribution in [3.05, 3.63) is 59.7 Å². The number of likely N-dealkylation sites (N-methyl/N-ethyl adjacent to an activating group) is 1. The lowest BCUT2D eigenvalue weighted by molar-refractivity contribution is -0.127. The molecule has 1 aliphatic rings. The number of ether oxygens (including phenoxy) is 1. The van der Waals surface area contributed by atoms with E-state index in [1.165, 1.54) is 0 Å². The molecular weight excluding hydrogens is 408 g/mol. The van der Waals surface area contributed by atoms with Crippen LogP contribution in [0.2, 0.25) is 0 Å². The molecule has 2 amide bonds. The van der Waals surface area contributed by atoms with Crippen molar-refractivity contribution in [1.29, 1.82) is 0 Å². The van der Waals surface area contributed by atoms with Crippen LogP contribution >= 0.6 is 0 Å². The number of nitrogens with zero attached hydrogens (tertiary/aromatic N) is 5. The molecule has 3 aromatic rings. The zero-order chi connectivity index (χ0) is 22.7. The Labute approximate surface area is 187 Å². The Balaban J connectivity index is 1.35. The van der Waals surface area contributed by atoms with Crippen molar-refractivity contribution in [2.45, 2.75) is 19.4 Å². The highest BCUT2D eigenvalue weighted by atomic mass is 16.5. The molecule has 1 aliphatic heterocycles. The van der Waals surface area contributed by atoms with E-state index in [0.29, 0.717) is 37.7 Å². The summed E-state index contributed by atoms with van der Waals surface area (Å²) in [5.41, 5.74) is 2.54. The summed E-state index contributed by atoms with van der Waals surface area (Å²) in [4.78, 5) is 38.0. The van der Waals surface area contributed by atoms with E-state index in [-0.39, 0.29) is 11.8 Å². The smallest absolute Gasteiger partial charge is 0.274 e. The Morgan fingerprint density at radius 2 is 2.12 bits per heavy atom. The summed E-state index contributed by atoms with van der Waals surface area (Å²) in [7, 11) is 3.57. The third-order valence-corrected chi connectivity index (χ3v) is 5.86. The number of aryl methyl sites for hydroxylation is 1. The van der Waals surface area contributed by atoms with E-state index in [1.807, 2.05) is 31.0 Å². The Kier molecular flexibility index (Phi) is 6.36. The van der Waals surface area contributed by atoms with Crippen molar-refractivity contribution in [2.24, 2.45) is 0 Å². The number of amides is 2. The highest BCUT2D eigenvalue weighted by molar-refractivity contribution is 5.93. The van der Waals surface area contributed by atoms with Crippen LogP contribution in [0, 0.1) is 6.92 Å². The lowest BCUT2D eigenvalue weighted by Gasteiger charge is -2.38. The fourth-order valence-corrected chi connectivity index (χ4v) is 3.98. The Bertz CT molecular complexity index is 1090. The molecule has 0 bridgehead atoms. The molecule has 1 atom stereocenters. The largest absolute Gasteiger partial charge is 0.496 e. The Hall–Kier alpha value is -3.46. The summed E-state index contributed by atoms with van der Waals surface area (Å²) in [6.45, 7) is 4.02. The number of hydrogen-bond donors (Lipinski definition) is 1. The van der Waals surface area contributed by atoms with E-state index in [9.17, 15) is 9.59 Å². The van der Waals surface area contributed by atoms with Gasteiger partial charge in [0.1, 0.15) is 17.5 Å². The van der Waals surface area contributed by atoms with E-state index < -0.39 is 6.04 Å². The third kappa shape index (κ3) is 4.57. The van der Waals surface area contributed by atoms with Gasteiger partial charge < -0.3 is 15.0 Å². The average Bonchev–Trinajstić information content (AvgIpc) is 3.23. The minimum Gasteiger partial charge on any atom is -0.496 e. The van der Waals surface area contributed by atoms with E-state index in [1.54, 1.807) is 41.1 Å². The van der Waals surface area contributed by atoms with Crippen molar-refractivity contribution in [3.63, 3.8) is 0 Å². The number of benzene rings is 1. The molecule has 9 nitrogen and oxygen atoms in total. The Morgan fingerprint density at radius 3 is 2.88 bits per heavy atom. The molecule has 0 saturated carbocycles. The molecule has 4 rings (SSSR count). The van der Waals surface area contributed by atoms with Crippen molar-refractivity contribution in [2.75, 3.05) is 40.3 Å². The van der Waals surface area contributed by atoms with Crippen LogP contribution in [0.15, 0.2) is 42.9 Å². The van der Waals surface area contributed by atoms with Gasteiger partial charge in [-0.25, -0.2) is 9.97 Å². The highest BCUT2D eigenvalue weighted by Gasteiger charge is 2.33. The first-order valence-electron chi connectivity index (χ1n) is 10.7. The molecule has 1 saturated heterocycles. The van der Waals surface area contributed by atoms with E-state index in [2.05, 4.69) is 21.4 Å². The maximum atomic E-state index is 13.0. The van der Waals surface area contributed by atoms with Crippen LogP contribution in [-0.2, 0) is 11.2 Å². The number of hydrogen-bond acceptors (Lipinski definition) is 6. The molecule has 3 heterocycles. The zero-order valence-corrected chi connectivity index (χ0v) is 18.6. The predicted molar refractivity (Wildman–Crippen MR) is 120 cm³/mol. The van der Waals surface area contributed by atoms with Crippen molar-refractivity contribution in [3.8, 4) is 5.75 Å². The van der Waals surface area contributed by atoms with Gasteiger partial charge in [-0.1, -0.05) is 12.1 Å². The van der Waals surface area contributed by atoms with Gasteiger partial charge in [0, 0.05) is 44.8 Å². The van der Waals surface area contributed by atoms with Gasteiger partial charge in [-0.05, 0) is 43.7 Å². The number of fused-ring (bicyclic) bond motifs is 1. The SMILES string of the molecule is COc1ccc(CCNC(=O)C2CN(C(=O)c3cn4cccnc4n3)CCN2C)cc1C. The number of aromatic nitrogens is 3. The average molecular weight is 437 g/mol. The number of imidazole rings is 1. The molecule has 32 heavy (non-hydrogen) atoms. The highest BCUT2D eigenvalue weighted by Crippen LogP contribution is 2.18. The molecule has 1 aromatic carbocycles. The number of methoxy groups -OCH3 is 1. The summed E-state index contributed by atoms with van der Waals surface area (Å²) in [5.74, 6) is 1.07. The quantitative estimate of drug-likeness (QED) is 0.624. The maximum Gasteiger partial charge on any atom is 0.274 e. The first kappa shape index (κ1) is 21.8. The zero-order valence-electron chi connectivity index (χ0n) is 18.6. The van der Waals surface area contributed by atoms with Gasteiger partial charge in [-0.2, -0.15) is 0 Å². The van der Waals surface area contributed by atoms with E-state index >= 15 is 0 Å². The van der Waals surface area contributed by atoms with E-state index in [0.717, 1.165) is 23.3 Å². The van der Waals surface area contributed by atoms with Crippen LogP contribution in [0.4, 0.5) is 0 Å². The molecule has 0 aliphatic carbocycles. The number of carbonyl (C=O) groups is 2. The number of carbonyl (C=O) groups excluding carboxylic acids is 2. The number of nitrogens with one attached hydrogen (secondary N) is 1. The minimum absolute atomic E-state index is 0.0769. The van der Waals surface area contributed by atoms with Crippen LogP contribution in [-0.4, -0.2) is 82.4 Å². The first-order valence-corrected chi connectivity index (χ1v) is 10.7. The molecule has 9 heteroatoms. The van der Waals surface area contributed by atoms with Crippen molar-refractivity contribution < 1.29 is 14.3 Å². The summed E-state index contributed by atoms with van der Waals surface area (Å²) in [5, 5.41) is 3.02. The molecule has 1 N–H and O–H groups in total. The lowest BCUT2D eigenvalue weighted by atomic mass is 10.1. The molecule has 0 radical (unpaired) electrons. The third-order valence-electron chi connectivity index (χ3n) is 5.86. The van der Waals surface area contributed by atoms with Gasteiger partial charge in [0.2, 0.25) is 11.7 Å². The summed E-state index contributed by atoms with van der Waals surface area (Å²) >= 11 is 0. The Morgan fingerprint density at radius 1 is 1.28 bits per heavy atom. The van der Waals surface area contributed by atoms with Crippen LogP contribution in [0.5, 0.6) is 5.75 Å². The lowest BCUT2D eigenvalue weighted by Crippen LogP contribution is -2.58. The van der Waals surface area contributed by atoms with E-state index in [4.69, 9.17) is 4.74 Å². The fourth-order valence-electron chi connectivity index (χ4n) is 3.98. The summed E-state index contributed by atoms with van der Waals surface area (Å²) in [6, 6.07) is 7.41. The number of piperazine rings is 1. The van der Waals surface area contributed by atoms with Crippen molar-refractivity contribution in [1.82, 2.24) is 29.5 Å². The minimum atomic E-state index is -0.402. The molecule has 168 valence electrons. The van der Waals surface area contributed by atoms with Gasteiger partial charge in [-0.3, -0.25) is 18.9 Å². The normalized spacial score (nSPS) is 16.8. The number of rotatable bonds is 6. The monoisotopic (exact) mass is 436 g/mol. The summed E-state index contributed by atoms with van der Waals surface area (Å²) in [6.07, 6.45) is 5.84. The second-order valence-electron chi connectivity index (χ2n) is 8.05. The van der Waals surface area contributed by atoms with Crippen LogP contribution in [0.1, 0.15) is 21.6 Å². The maximum absolute atomic E-state index is 13.0. The molecule has 2 aromatic heterocycles. The van der Waals surface area contributed by atoms with Crippen LogP contribution in [0.3, 0.4) is 0 Å². The second-order valence-corrected chi connectivity index (χ2v) is 8.05. The summed E-state index contributed by atoms with van der Waals surface area (Å²) < 4.78 is 7.01. The standard InChI is InChI=1S/C23H28N6O3/c1-16-13-17(5-6-20(16)32-3)7-9-24-21(30)19-15-28(12-11-27(19)2)22(31)18-14-29-10-4-8-25-23(29)26-18/h4-6,8,10,13-14,19H,7,9,11-12,15H2,1-3H3,(H,24,30). The topological polar surface area (TPSA) is 92.1 Å². The van der Waals surface area contributed by atoms with Crippen molar-refractivity contribution >= 4 is 17.6 Å². The molecule has 1 fully saturated rings. The van der Waals surface area contributed by atoms with Gasteiger partial charge in [-0.15, -0.1) is 0 Å². The van der Waals surface area contributed by atoms with Gasteiger partial charge in [0.25, 0.3) is 5.91 Å². The molecule has 0 spiro atoms. The van der Waals surface area contributed by atoms with Crippen LogP contribution in [0.25, 0.3) is 5.78 Å². The second kappa shape index (κ2) is 9.35. The predicted octanol–water partition coefficient (Wildman–Crippen LogP) is 1.16. The van der Waals surface area contributed by atoms with Gasteiger partial charge in [0.05, 0.1) is 7.11 Å². The van der Waals surface area contributed by atoms with Gasteiger partial charge >= 0.3 is 0 Å². The first-order chi connectivity index (χ1) is 15.5.